The van der Waals surface area contributed by atoms with Crippen LogP contribution >= 0.6 is 0 Å². The average molecular weight is 343 g/mol. The summed E-state index contributed by atoms with van der Waals surface area (Å²) in [5.74, 6) is 0.166. The van der Waals surface area contributed by atoms with E-state index >= 15 is 0 Å². The van der Waals surface area contributed by atoms with E-state index in [0.717, 1.165) is 24.2 Å². The molecule has 1 amide bonds. The highest BCUT2D eigenvalue weighted by molar-refractivity contribution is 5.90. The molecule has 2 aromatic carbocycles. The normalized spacial score (nSPS) is 10.1. The number of nitrogens with one attached hydrogen (secondary N) is 1. The summed E-state index contributed by atoms with van der Waals surface area (Å²) in [7, 11) is 1.63. The fourth-order valence-corrected chi connectivity index (χ4v) is 2.25. The smallest absolute Gasteiger partial charge is 0.341 e. The maximum absolute atomic E-state index is 12.0. The van der Waals surface area contributed by atoms with E-state index in [1.54, 1.807) is 31.4 Å². The lowest BCUT2D eigenvalue weighted by atomic mass is 10.1. The van der Waals surface area contributed by atoms with E-state index in [9.17, 15) is 9.59 Å². The Labute approximate surface area is 146 Å². The molecule has 6 nitrogen and oxygen atoms in total. The van der Waals surface area contributed by atoms with Gasteiger partial charge >= 0.3 is 5.97 Å². The minimum atomic E-state index is -1.03. The zero-order chi connectivity index (χ0) is 18.1. The van der Waals surface area contributed by atoms with Crippen LogP contribution in [0.1, 0.15) is 18.4 Å². The highest BCUT2D eigenvalue weighted by atomic mass is 16.5. The molecule has 0 aliphatic heterocycles. The van der Waals surface area contributed by atoms with E-state index in [0.29, 0.717) is 17.9 Å². The number of aliphatic carboxylic acids is 1. The van der Waals surface area contributed by atoms with Gasteiger partial charge in [0.25, 0.3) is 0 Å². The molecule has 0 radical (unpaired) electrons. The van der Waals surface area contributed by atoms with E-state index in [-0.39, 0.29) is 5.91 Å². The fourth-order valence-electron chi connectivity index (χ4n) is 2.25. The summed E-state index contributed by atoms with van der Waals surface area (Å²) in [6, 6.07) is 14.4. The molecule has 2 N–H and O–H groups in total. The first-order valence-corrected chi connectivity index (χ1v) is 7.94. The Morgan fingerprint density at radius 2 is 1.64 bits per heavy atom. The average Bonchev–Trinajstić information content (AvgIpc) is 2.61. The summed E-state index contributed by atoms with van der Waals surface area (Å²) in [5.41, 5.74) is 1.81. The Morgan fingerprint density at radius 3 is 2.24 bits per heavy atom. The summed E-state index contributed by atoms with van der Waals surface area (Å²) >= 11 is 0. The van der Waals surface area contributed by atoms with Gasteiger partial charge in [0.2, 0.25) is 5.91 Å². The third-order valence-electron chi connectivity index (χ3n) is 3.53. The highest BCUT2D eigenvalue weighted by Crippen LogP contribution is 2.17. The van der Waals surface area contributed by atoms with Crippen molar-refractivity contribution in [2.75, 3.05) is 19.0 Å². The van der Waals surface area contributed by atoms with Crippen molar-refractivity contribution in [1.82, 2.24) is 0 Å². The van der Waals surface area contributed by atoms with Gasteiger partial charge in [-0.3, -0.25) is 4.79 Å². The van der Waals surface area contributed by atoms with Gasteiger partial charge < -0.3 is 19.9 Å². The van der Waals surface area contributed by atoms with Crippen LogP contribution in [-0.2, 0) is 16.0 Å². The summed E-state index contributed by atoms with van der Waals surface area (Å²) in [5, 5.41) is 11.4. The van der Waals surface area contributed by atoms with Crippen LogP contribution in [0, 0.1) is 0 Å². The van der Waals surface area contributed by atoms with Crippen LogP contribution in [-0.4, -0.2) is 30.7 Å². The van der Waals surface area contributed by atoms with Crippen molar-refractivity contribution in [2.45, 2.75) is 19.3 Å². The van der Waals surface area contributed by atoms with Gasteiger partial charge in [-0.25, -0.2) is 4.79 Å². The predicted octanol–water partition coefficient (Wildman–Crippen LogP) is 3.12. The van der Waals surface area contributed by atoms with E-state index in [1.807, 2.05) is 24.3 Å². The molecule has 0 unspecified atom stereocenters. The van der Waals surface area contributed by atoms with Gasteiger partial charge in [0.05, 0.1) is 7.11 Å². The number of amides is 1. The lowest BCUT2D eigenvalue weighted by Crippen LogP contribution is -2.12. The highest BCUT2D eigenvalue weighted by Gasteiger charge is 2.04. The molecule has 0 heterocycles. The number of carboxylic acids is 1. The number of carboxylic acid groups (broad SMARTS) is 1. The van der Waals surface area contributed by atoms with Crippen molar-refractivity contribution in [3.8, 4) is 11.5 Å². The molecule has 0 saturated carbocycles. The van der Waals surface area contributed by atoms with Crippen molar-refractivity contribution in [2.24, 2.45) is 0 Å². The first kappa shape index (κ1) is 18.3. The molecular weight excluding hydrogens is 322 g/mol. The van der Waals surface area contributed by atoms with Crippen LogP contribution in [0.3, 0.4) is 0 Å². The Hall–Kier alpha value is -3.02. The third kappa shape index (κ3) is 6.55. The maximum Gasteiger partial charge on any atom is 0.341 e. The van der Waals surface area contributed by atoms with Crippen molar-refractivity contribution in [3.05, 3.63) is 54.1 Å². The van der Waals surface area contributed by atoms with Crippen LogP contribution in [0.5, 0.6) is 11.5 Å². The third-order valence-corrected chi connectivity index (χ3v) is 3.53. The first-order valence-electron chi connectivity index (χ1n) is 7.94. The van der Waals surface area contributed by atoms with Gasteiger partial charge in [-0.1, -0.05) is 12.1 Å². The van der Waals surface area contributed by atoms with Crippen molar-refractivity contribution in [3.63, 3.8) is 0 Å². The molecule has 132 valence electrons. The molecular formula is C19H21NO5. The second kappa shape index (κ2) is 9.32. The number of carbonyl (C=O) groups excluding carboxylic acids is 1. The Balaban J connectivity index is 1.73. The van der Waals surface area contributed by atoms with Crippen molar-refractivity contribution in [1.29, 1.82) is 0 Å². The molecule has 2 rings (SSSR count). The lowest BCUT2D eigenvalue weighted by molar-refractivity contribution is -0.139. The maximum atomic E-state index is 12.0. The SMILES string of the molecule is COc1ccc(CCCC(=O)Nc2ccc(OCC(=O)O)cc2)cc1. The molecule has 0 atom stereocenters. The van der Waals surface area contributed by atoms with Crippen molar-refractivity contribution >= 4 is 17.6 Å². The van der Waals surface area contributed by atoms with E-state index in [1.165, 1.54) is 0 Å². The molecule has 6 heteroatoms. The van der Waals surface area contributed by atoms with E-state index in [2.05, 4.69) is 5.32 Å². The molecule has 0 aliphatic carbocycles. The molecule has 0 bridgehead atoms. The van der Waals surface area contributed by atoms with Crippen LogP contribution in [0.4, 0.5) is 5.69 Å². The van der Waals surface area contributed by atoms with Gasteiger partial charge in [0.15, 0.2) is 6.61 Å². The topological polar surface area (TPSA) is 84.9 Å². The summed E-state index contributed by atoms with van der Waals surface area (Å²) in [6.45, 7) is -0.392. The summed E-state index contributed by atoms with van der Waals surface area (Å²) < 4.78 is 10.1. The number of methoxy groups -OCH3 is 1. The van der Waals surface area contributed by atoms with Crippen LogP contribution in [0.15, 0.2) is 48.5 Å². The Morgan fingerprint density at radius 1 is 1.00 bits per heavy atom. The zero-order valence-corrected chi connectivity index (χ0v) is 14.0. The molecule has 0 saturated heterocycles. The summed E-state index contributed by atoms with van der Waals surface area (Å²) in [4.78, 5) is 22.4. The molecule has 0 aromatic heterocycles. The molecule has 0 spiro atoms. The number of hydrogen-bond donors (Lipinski definition) is 2. The van der Waals surface area contributed by atoms with Gasteiger partial charge in [-0.05, 0) is 54.8 Å². The molecule has 2 aromatic rings. The number of anilines is 1. The van der Waals surface area contributed by atoms with Gasteiger partial charge in [-0.15, -0.1) is 0 Å². The predicted molar refractivity (Wildman–Crippen MR) is 94.1 cm³/mol. The van der Waals surface area contributed by atoms with Crippen LogP contribution in [0.2, 0.25) is 0 Å². The quantitative estimate of drug-likeness (QED) is 0.731. The number of hydrogen-bond acceptors (Lipinski definition) is 4. The minimum Gasteiger partial charge on any atom is -0.497 e. The lowest BCUT2D eigenvalue weighted by Gasteiger charge is -2.07. The standard InChI is InChI=1S/C19H21NO5/c1-24-16-9-5-14(6-10-16)3-2-4-18(21)20-15-7-11-17(12-8-15)25-13-19(22)23/h5-12H,2-4,13H2,1H3,(H,20,21)(H,22,23). The summed E-state index contributed by atoms with van der Waals surface area (Å²) in [6.07, 6.45) is 1.99. The zero-order valence-electron chi connectivity index (χ0n) is 14.0. The van der Waals surface area contributed by atoms with E-state index in [4.69, 9.17) is 14.6 Å². The fraction of sp³-hybridized carbons (Fsp3) is 0.263. The second-order valence-corrected chi connectivity index (χ2v) is 5.46. The van der Waals surface area contributed by atoms with Gasteiger partial charge in [0.1, 0.15) is 11.5 Å². The minimum absolute atomic E-state index is 0.0623. The first-order chi connectivity index (χ1) is 12.1. The second-order valence-electron chi connectivity index (χ2n) is 5.46. The molecule has 0 aliphatic rings. The van der Waals surface area contributed by atoms with Crippen molar-refractivity contribution < 1.29 is 24.2 Å². The Kier molecular flexibility index (Phi) is 6.83. The number of ether oxygens (including phenoxy) is 2. The Bertz CT molecular complexity index is 695. The number of aryl methyl sites for hydroxylation is 1. The number of rotatable bonds is 9. The number of carbonyl (C=O) groups is 2. The largest absolute Gasteiger partial charge is 0.497 e. The molecule has 25 heavy (non-hydrogen) atoms. The van der Waals surface area contributed by atoms with Crippen LogP contribution < -0.4 is 14.8 Å². The molecule has 0 fully saturated rings. The monoisotopic (exact) mass is 343 g/mol. The van der Waals surface area contributed by atoms with E-state index < -0.39 is 12.6 Å². The number of benzene rings is 2. The van der Waals surface area contributed by atoms with Gasteiger partial charge in [-0.2, -0.15) is 0 Å². The van der Waals surface area contributed by atoms with Gasteiger partial charge in [0, 0.05) is 12.1 Å². The van der Waals surface area contributed by atoms with Crippen LogP contribution in [0.25, 0.3) is 0 Å².